The fraction of sp³-hybridized carbons (Fsp3) is 0.632. The number of carbonyl (C=O) groups is 1. The number of nitrogens with one attached hydrogen (secondary N) is 1. The average molecular weight is 425 g/mol. The Morgan fingerprint density at radius 3 is 2.55 bits per heavy atom. The highest BCUT2D eigenvalue weighted by Gasteiger charge is 2.30. The summed E-state index contributed by atoms with van der Waals surface area (Å²) in [5.74, 6) is -0.213. The fourth-order valence-corrected chi connectivity index (χ4v) is 5.50. The van der Waals surface area contributed by atoms with Crippen molar-refractivity contribution in [2.45, 2.75) is 56.4 Å². The molecule has 1 heterocycles. The van der Waals surface area contributed by atoms with E-state index in [-0.39, 0.29) is 22.5 Å². The molecule has 0 bridgehead atoms. The Labute approximate surface area is 170 Å². The number of sulfonamides is 1. The third-order valence-corrected chi connectivity index (χ3v) is 7.47. The largest absolute Gasteiger partial charge is 0.369 e. The average Bonchev–Trinajstić information content (AvgIpc) is 2.69. The van der Waals surface area contributed by atoms with Crippen molar-refractivity contribution in [2.24, 2.45) is 17.6 Å². The Morgan fingerprint density at radius 1 is 1.24 bits per heavy atom. The summed E-state index contributed by atoms with van der Waals surface area (Å²) < 4.78 is 28.2. The summed E-state index contributed by atoms with van der Waals surface area (Å²) >= 11 is 0. The minimum Gasteiger partial charge on any atom is -0.369 e. The van der Waals surface area contributed by atoms with Crippen molar-refractivity contribution in [1.82, 2.24) is 4.72 Å². The van der Waals surface area contributed by atoms with Gasteiger partial charge in [0.1, 0.15) is 5.69 Å². The predicted octanol–water partition coefficient (Wildman–Crippen LogP) is 2.15. The third-order valence-electron chi connectivity index (χ3n) is 5.96. The highest BCUT2D eigenvalue weighted by Crippen LogP contribution is 2.34. The molecule has 0 aromatic heterocycles. The van der Waals surface area contributed by atoms with Crippen LogP contribution in [-0.2, 0) is 14.8 Å². The van der Waals surface area contributed by atoms with Gasteiger partial charge in [-0.25, -0.2) is 13.1 Å². The Bertz CT molecular complexity index is 881. The molecule has 1 aliphatic carbocycles. The van der Waals surface area contributed by atoms with E-state index in [4.69, 9.17) is 5.73 Å². The number of amides is 1. The van der Waals surface area contributed by atoms with Crippen molar-refractivity contribution >= 4 is 27.3 Å². The molecule has 1 aliphatic heterocycles. The second-order valence-corrected chi connectivity index (χ2v) is 9.89. The maximum atomic E-state index is 12.8. The first-order chi connectivity index (χ1) is 13.7. The summed E-state index contributed by atoms with van der Waals surface area (Å²) in [5.41, 5.74) is 5.43. The lowest BCUT2D eigenvalue weighted by Gasteiger charge is -2.32. The molecule has 3 N–H and O–H groups in total. The molecule has 1 atom stereocenters. The molecule has 1 aromatic rings. The molecule has 2 fully saturated rings. The van der Waals surface area contributed by atoms with E-state index in [2.05, 4.69) is 11.6 Å². The summed E-state index contributed by atoms with van der Waals surface area (Å²) in [6.45, 7) is 2.99. The molecular formula is C19H28N4O5S. The van der Waals surface area contributed by atoms with Gasteiger partial charge in [0.15, 0.2) is 0 Å². The number of piperidine rings is 1. The minimum atomic E-state index is -3.85. The standard InChI is InChI=1S/C19H28N4O5S/c1-13-4-6-15(7-5-13)21-29(27,28)16-8-9-17(18(11-16)23(25)26)22-10-2-3-14(12-22)19(20)24/h8-9,11,13-15,21H,2-7,10,12H2,1H3,(H2,20,24)/t13?,14-,15?/m0/s1. The van der Waals surface area contributed by atoms with Gasteiger partial charge in [0.05, 0.1) is 15.7 Å². The van der Waals surface area contributed by atoms with Crippen LogP contribution in [0.4, 0.5) is 11.4 Å². The van der Waals surface area contributed by atoms with Crippen molar-refractivity contribution in [1.29, 1.82) is 0 Å². The van der Waals surface area contributed by atoms with Gasteiger partial charge < -0.3 is 10.6 Å². The number of hydrogen-bond acceptors (Lipinski definition) is 6. The van der Waals surface area contributed by atoms with Crippen LogP contribution in [0.15, 0.2) is 23.1 Å². The third kappa shape index (κ3) is 5.05. The molecule has 10 heteroatoms. The van der Waals surface area contributed by atoms with Crippen LogP contribution in [0.3, 0.4) is 0 Å². The number of benzene rings is 1. The van der Waals surface area contributed by atoms with E-state index in [0.29, 0.717) is 37.5 Å². The zero-order chi connectivity index (χ0) is 21.2. The number of anilines is 1. The molecule has 0 radical (unpaired) electrons. The summed E-state index contributed by atoms with van der Waals surface area (Å²) in [6, 6.07) is 3.81. The number of primary amides is 1. The number of nitro groups is 1. The summed E-state index contributed by atoms with van der Waals surface area (Å²) in [5, 5.41) is 11.7. The van der Waals surface area contributed by atoms with Crippen LogP contribution in [0.1, 0.15) is 45.4 Å². The van der Waals surface area contributed by atoms with Crippen LogP contribution in [0.2, 0.25) is 0 Å². The van der Waals surface area contributed by atoms with Gasteiger partial charge in [-0.2, -0.15) is 0 Å². The molecule has 9 nitrogen and oxygen atoms in total. The molecule has 1 saturated heterocycles. The van der Waals surface area contributed by atoms with E-state index in [1.807, 2.05) is 0 Å². The summed E-state index contributed by atoms with van der Waals surface area (Å²) in [4.78, 5) is 24.2. The first-order valence-electron chi connectivity index (χ1n) is 10.0. The lowest BCUT2D eigenvalue weighted by Crippen LogP contribution is -2.41. The molecule has 1 saturated carbocycles. The van der Waals surface area contributed by atoms with Crippen LogP contribution < -0.4 is 15.4 Å². The monoisotopic (exact) mass is 424 g/mol. The minimum absolute atomic E-state index is 0.116. The van der Waals surface area contributed by atoms with Crippen molar-refractivity contribution < 1.29 is 18.1 Å². The van der Waals surface area contributed by atoms with E-state index in [9.17, 15) is 23.3 Å². The van der Waals surface area contributed by atoms with Crippen molar-refractivity contribution in [3.05, 3.63) is 28.3 Å². The normalized spacial score (nSPS) is 25.6. The number of nitrogens with two attached hydrogens (primary N) is 1. The summed E-state index contributed by atoms with van der Waals surface area (Å²) in [7, 11) is -3.85. The van der Waals surface area contributed by atoms with Gasteiger partial charge in [-0.3, -0.25) is 14.9 Å². The van der Waals surface area contributed by atoms with Crippen LogP contribution in [-0.4, -0.2) is 38.4 Å². The number of nitro benzene ring substituents is 1. The van der Waals surface area contributed by atoms with Crippen LogP contribution >= 0.6 is 0 Å². The van der Waals surface area contributed by atoms with Gasteiger partial charge in [0.2, 0.25) is 15.9 Å². The maximum absolute atomic E-state index is 12.8. The lowest BCUT2D eigenvalue weighted by atomic mass is 9.88. The van der Waals surface area contributed by atoms with Crippen LogP contribution in [0.5, 0.6) is 0 Å². The Morgan fingerprint density at radius 2 is 1.93 bits per heavy atom. The lowest BCUT2D eigenvalue weighted by molar-refractivity contribution is -0.384. The predicted molar refractivity (Wildman–Crippen MR) is 109 cm³/mol. The molecule has 0 unspecified atom stereocenters. The zero-order valence-electron chi connectivity index (χ0n) is 16.5. The molecule has 0 spiro atoms. The van der Waals surface area contributed by atoms with E-state index in [1.165, 1.54) is 12.1 Å². The number of nitrogens with zero attached hydrogens (tertiary/aromatic N) is 2. The van der Waals surface area contributed by atoms with Gasteiger partial charge in [0, 0.05) is 25.2 Å². The van der Waals surface area contributed by atoms with E-state index >= 15 is 0 Å². The number of carbonyl (C=O) groups excluding carboxylic acids is 1. The smallest absolute Gasteiger partial charge is 0.293 e. The first-order valence-corrected chi connectivity index (χ1v) is 11.5. The van der Waals surface area contributed by atoms with Gasteiger partial charge in [0.25, 0.3) is 5.69 Å². The maximum Gasteiger partial charge on any atom is 0.293 e. The molecule has 1 amide bonds. The van der Waals surface area contributed by atoms with E-state index < -0.39 is 20.9 Å². The molecule has 29 heavy (non-hydrogen) atoms. The van der Waals surface area contributed by atoms with Gasteiger partial charge in [-0.1, -0.05) is 6.92 Å². The Hall–Kier alpha value is -2.20. The highest BCUT2D eigenvalue weighted by atomic mass is 32.2. The molecular weight excluding hydrogens is 396 g/mol. The second-order valence-electron chi connectivity index (χ2n) is 8.17. The van der Waals surface area contributed by atoms with Crippen molar-refractivity contribution in [2.75, 3.05) is 18.0 Å². The molecule has 2 aliphatic rings. The highest BCUT2D eigenvalue weighted by molar-refractivity contribution is 7.89. The van der Waals surface area contributed by atoms with Crippen molar-refractivity contribution in [3.63, 3.8) is 0 Å². The SMILES string of the molecule is CC1CCC(NS(=O)(=O)c2ccc(N3CCC[C@H](C(N)=O)C3)c([N+](=O)[O-])c2)CC1. The second kappa shape index (κ2) is 8.66. The number of hydrogen-bond donors (Lipinski definition) is 2. The van der Waals surface area contributed by atoms with Crippen LogP contribution in [0, 0.1) is 22.0 Å². The molecule has 160 valence electrons. The van der Waals surface area contributed by atoms with Crippen LogP contribution in [0.25, 0.3) is 0 Å². The fourth-order valence-electron chi connectivity index (χ4n) is 4.18. The van der Waals surface area contributed by atoms with E-state index in [1.54, 1.807) is 4.90 Å². The zero-order valence-corrected chi connectivity index (χ0v) is 17.4. The van der Waals surface area contributed by atoms with Gasteiger partial charge >= 0.3 is 0 Å². The molecule has 3 rings (SSSR count). The van der Waals surface area contributed by atoms with Gasteiger partial charge in [-0.05, 0) is 56.6 Å². The topological polar surface area (TPSA) is 136 Å². The quantitative estimate of drug-likeness (QED) is 0.530. The summed E-state index contributed by atoms with van der Waals surface area (Å²) in [6.07, 6.45) is 4.79. The van der Waals surface area contributed by atoms with Gasteiger partial charge in [-0.15, -0.1) is 0 Å². The molecule has 1 aromatic carbocycles. The number of rotatable bonds is 6. The first kappa shape index (κ1) is 21.5. The Balaban J connectivity index is 1.84. The van der Waals surface area contributed by atoms with E-state index in [0.717, 1.165) is 31.7 Å². The van der Waals surface area contributed by atoms with Crippen molar-refractivity contribution in [3.8, 4) is 0 Å². The Kier molecular flexibility index (Phi) is 6.42.